The van der Waals surface area contributed by atoms with E-state index in [0.29, 0.717) is 0 Å². The van der Waals surface area contributed by atoms with E-state index in [1.54, 1.807) is 11.1 Å². The van der Waals surface area contributed by atoms with Crippen LogP contribution < -0.4 is 34.0 Å². The summed E-state index contributed by atoms with van der Waals surface area (Å²) in [6.07, 6.45) is 12.0. The van der Waals surface area contributed by atoms with Crippen LogP contribution in [0.2, 0.25) is 13.1 Å². The molecule has 2 aliphatic rings. The second-order valence-corrected chi connectivity index (χ2v) is 31.9. The summed E-state index contributed by atoms with van der Waals surface area (Å²) in [5, 5.41) is 0. The molecular formula is C14H21Br2HfSi. The third-order valence-electron chi connectivity index (χ3n) is 3.56. The molecule has 0 heterocycles. The van der Waals surface area contributed by atoms with E-state index in [4.69, 9.17) is 0 Å². The predicted molar refractivity (Wildman–Crippen MR) is 71.8 cm³/mol. The number of rotatable bonds is 3. The van der Waals surface area contributed by atoms with Gasteiger partial charge in [-0.25, -0.2) is 0 Å². The maximum absolute atomic E-state index is 2.58. The molecule has 0 aromatic carbocycles. The topological polar surface area (TPSA) is 0 Å². The molecule has 0 N–H and O–H groups in total. The molecule has 0 radical (unpaired) electrons. The summed E-state index contributed by atoms with van der Waals surface area (Å²) in [4.78, 5) is 0. The Morgan fingerprint density at radius 1 is 0.889 bits per heavy atom. The van der Waals surface area contributed by atoms with Crippen LogP contribution in [-0.2, 0) is 20.6 Å². The third-order valence-corrected chi connectivity index (χ3v) is 31.8. The maximum atomic E-state index is 2.58. The van der Waals surface area contributed by atoms with E-state index >= 15 is 0 Å². The minimum Gasteiger partial charge on any atom is -1.00 e. The summed E-state index contributed by atoms with van der Waals surface area (Å²) in [6, 6.07) is 0. The van der Waals surface area contributed by atoms with Crippen molar-refractivity contribution in [3.05, 3.63) is 42.1 Å². The summed E-state index contributed by atoms with van der Waals surface area (Å²) in [6.45, 7) is 9.83. The number of hydrogen-bond acceptors (Lipinski definition) is 0. The minimum atomic E-state index is -1.58. The van der Waals surface area contributed by atoms with Gasteiger partial charge in [0.25, 0.3) is 0 Å². The van der Waals surface area contributed by atoms with Gasteiger partial charge >= 0.3 is 108 Å². The Hall–Kier alpha value is 1.01. The number of halogens is 2. The molecule has 0 nitrogen and oxygen atoms in total. The second kappa shape index (κ2) is 8.33. The van der Waals surface area contributed by atoms with E-state index in [2.05, 4.69) is 51.2 Å². The summed E-state index contributed by atoms with van der Waals surface area (Å²) in [5.74, 6) is -0.452. The van der Waals surface area contributed by atoms with Crippen molar-refractivity contribution in [2.24, 2.45) is 0 Å². The molecule has 18 heavy (non-hydrogen) atoms. The van der Waals surface area contributed by atoms with Crippen LogP contribution in [0.15, 0.2) is 42.1 Å². The average Bonchev–Trinajstić information content (AvgIpc) is 2.79. The molecule has 4 heteroatoms. The maximum Gasteiger partial charge on any atom is -1.00 e. The van der Waals surface area contributed by atoms with Crippen LogP contribution in [0.4, 0.5) is 0 Å². The second-order valence-electron chi connectivity index (χ2n) is 5.10. The van der Waals surface area contributed by atoms with Gasteiger partial charge in [-0.2, -0.15) is 0 Å². The van der Waals surface area contributed by atoms with Crippen molar-refractivity contribution >= 4 is 5.98 Å². The first-order valence-electron chi connectivity index (χ1n) is 6.21. The molecule has 0 unspecified atom stereocenters. The van der Waals surface area contributed by atoms with Gasteiger partial charge in [0, 0.05) is 0 Å². The first kappa shape index (κ1) is 19.0. The van der Waals surface area contributed by atoms with Crippen molar-refractivity contribution in [3.63, 3.8) is 0 Å². The SMILES string of the molecule is CC1=[C]([Hf+2]([C]2=C(C)C=CC2)[SiH](C)C)CC=C1.[Br-].[Br-]. The molecule has 0 atom stereocenters. The van der Waals surface area contributed by atoms with Gasteiger partial charge in [-0.1, -0.05) is 0 Å². The molecule has 0 aromatic heterocycles. The smallest absolute Gasteiger partial charge is 1.00 e. The number of hydrogen-bond donors (Lipinski definition) is 0. The largest absolute Gasteiger partial charge is 1.00 e. The zero-order valence-electron chi connectivity index (χ0n) is 11.6. The summed E-state index contributed by atoms with van der Waals surface area (Å²) in [5.41, 5.74) is 3.24. The summed E-state index contributed by atoms with van der Waals surface area (Å²) < 4.78 is 3.84. The van der Waals surface area contributed by atoms with Crippen molar-refractivity contribution in [3.8, 4) is 0 Å². The molecule has 0 aliphatic heterocycles. The van der Waals surface area contributed by atoms with Crippen molar-refractivity contribution in [2.45, 2.75) is 39.8 Å². The van der Waals surface area contributed by atoms with Crippen LogP contribution in [0.25, 0.3) is 0 Å². The Balaban J connectivity index is 0.00000144. The van der Waals surface area contributed by atoms with Crippen LogP contribution >= 0.6 is 0 Å². The third kappa shape index (κ3) is 4.00. The Bertz CT molecular complexity index is 384. The average molecular weight is 556 g/mol. The first-order chi connectivity index (χ1) is 7.61. The van der Waals surface area contributed by atoms with Crippen molar-refractivity contribution < 1.29 is 54.6 Å². The summed E-state index contributed by atoms with van der Waals surface area (Å²) >= 11 is -1.58. The zero-order chi connectivity index (χ0) is 11.7. The Kier molecular flexibility index (Phi) is 8.79. The van der Waals surface area contributed by atoms with Crippen LogP contribution in [-0.4, -0.2) is 5.98 Å². The van der Waals surface area contributed by atoms with E-state index < -0.39 is 26.6 Å². The molecule has 0 saturated heterocycles. The van der Waals surface area contributed by atoms with E-state index in [1.165, 1.54) is 12.8 Å². The van der Waals surface area contributed by atoms with E-state index in [0.717, 1.165) is 0 Å². The van der Waals surface area contributed by atoms with Gasteiger partial charge in [-0.05, 0) is 0 Å². The molecular weight excluding hydrogens is 535 g/mol. The van der Waals surface area contributed by atoms with Gasteiger partial charge in [0.15, 0.2) is 0 Å². The monoisotopic (exact) mass is 555 g/mol. The Labute approximate surface area is 141 Å². The van der Waals surface area contributed by atoms with Gasteiger partial charge < -0.3 is 34.0 Å². The van der Waals surface area contributed by atoms with Crippen molar-refractivity contribution in [1.29, 1.82) is 0 Å². The molecule has 0 bridgehead atoms. The van der Waals surface area contributed by atoms with E-state index in [9.17, 15) is 0 Å². The van der Waals surface area contributed by atoms with Crippen LogP contribution in [0.1, 0.15) is 26.7 Å². The van der Waals surface area contributed by atoms with Crippen LogP contribution in [0.3, 0.4) is 0 Å². The first-order valence-corrected chi connectivity index (χ1v) is 18.9. The van der Waals surface area contributed by atoms with Gasteiger partial charge in [0.05, 0.1) is 0 Å². The van der Waals surface area contributed by atoms with Crippen LogP contribution in [0, 0.1) is 0 Å². The quantitative estimate of drug-likeness (QED) is 0.356. The number of allylic oxidation sites excluding steroid dienone is 8. The van der Waals surface area contributed by atoms with E-state index in [-0.39, 0.29) is 34.0 Å². The molecule has 2 aliphatic carbocycles. The molecule has 0 spiro atoms. The normalized spacial score (nSPS) is 17.4. The Morgan fingerprint density at radius 3 is 1.50 bits per heavy atom. The predicted octanol–water partition coefficient (Wildman–Crippen LogP) is -1.94. The molecule has 0 saturated carbocycles. The zero-order valence-corrected chi connectivity index (χ0v) is 19.5. The standard InChI is InChI=1S/2C6H7.C2H7Si.2BrH.Hf/c2*1-6-4-2-3-5-6;1-3-2;;;/h2*2,4H,3H2,1H3;3H,1-2H3;2*1H;/q;;;;;+2/p-2. The van der Waals surface area contributed by atoms with Gasteiger partial charge in [-0.15, -0.1) is 0 Å². The molecule has 0 amide bonds. The molecule has 0 aromatic rings. The van der Waals surface area contributed by atoms with Crippen molar-refractivity contribution in [1.82, 2.24) is 0 Å². The fourth-order valence-corrected chi connectivity index (χ4v) is 32.2. The summed E-state index contributed by atoms with van der Waals surface area (Å²) in [7, 11) is 0. The molecule has 99 valence electrons. The fourth-order valence-electron chi connectivity index (χ4n) is 2.75. The van der Waals surface area contributed by atoms with Gasteiger partial charge in [0.1, 0.15) is 0 Å². The van der Waals surface area contributed by atoms with E-state index in [1.807, 2.05) is 6.66 Å². The molecule has 2 rings (SSSR count). The van der Waals surface area contributed by atoms with Gasteiger partial charge in [-0.3, -0.25) is 0 Å². The fraction of sp³-hybridized carbons (Fsp3) is 0.429. The van der Waals surface area contributed by atoms with Crippen molar-refractivity contribution in [2.75, 3.05) is 0 Å². The minimum absolute atomic E-state index is 0. The van der Waals surface area contributed by atoms with Gasteiger partial charge in [0.2, 0.25) is 0 Å². The molecule has 0 fully saturated rings. The van der Waals surface area contributed by atoms with Crippen LogP contribution in [0.5, 0.6) is 0 Å². The Morgan fingerprint density at radius 2 is 1.28 bits per heavy atom.